The van der Waals surface area contributed by atoms with Crippen molar-refractivity contribution in [2.75, 3.05) is 26.2 Å². The molecule has 0 amide bonds. The van der Waals surface area contributed by atoms with Gasteiger partial charge in [0.1, 0.15) is 0 Å². The van der Waals surface area contributed by atoms with E-state index in [-0.39, 0.29) is 0 Å². The number of likely N-dealkylation sites (N-methyl/N-ethyl adjacent to an activating group) is 1. The predicted octanol–water partition coefficient (Wildman–Crippen LogP) is 2.93. The molecule has 0 aliphatic rings. The highest BCUT2D eigenvalue weighted by molar-refractivity contribution is 9.10. The highest BCUT2D eigenvalue weighted by Gasteiger charge is 2.08. The molecule has 1 N–H and O–H groups in total. The Morgan fingerprint density at radius 1 is 1.24 bits per heavy atom. The van der Waals surface area contributed by atoms with Gasteiger partial charge >= 0.3 is 0 Å². The van der Waals surface area contributed by atoms with Crippen molar-refractivity contribution in [2.45, 2.75) is 20.4 Å². The first-order chi connectivity index (χ1) is 10.2. The molecule has 1 aromatic heterocycles. The van der Waals surface area contributed by atoms with E-state index in [0.717, 1.165) is 36.2 Å². The Bertz CT molecular complexity index is 554. The third-order valence-electron chi connectivity index (χ3n) is 3.31. The zero-order valence-corrected chi connectivity index (χ0v) is 14.1. The highest BCUT2D eigenvalue weighted by atomic mass is 79.9. The summed E-state index contributed by atoms with van der Waals surface area (Å²) in [5, 5.41) is 11.5. The fourth-order valence-electron chi connectivity index (χ4n) is 2.04. The first kappa shape index (κ1) is 16.1. The lowest BCUT2D eigenvalue weighted by Crippen LogP contribution is -2.31. The summed E-state index contributed by atoms with van der Waals surface area (Å²) in [6, 6.07) is 7.84. The molecule has 114 valence electrons. The van der Waals surface area contributed by atoms with Crippen molar-refractivity contribution in [3.8, 4) is 11.5 Å². The second-order valence-electron chi connectivity index (χ2n) is 4.71. The molecule has 0 atom stereocenters. The summed E-state index contributed by atoms with van der Waals surface area (Å²) >= 11 is 3.44. The Hall–Kier alpha value is -1.24. The van der Waals surface area contributed by atoms with Gasteiger partial charge in [-0.2, -0.15) is 0 Å². The molecule has 21 heavy (non-hydrogen) atoms. The summed E-state index contributed by atoms with van der Waals surface area (Å²) in [5.74, 6) is 1.17. The maximum Gasteiger partial charge on any atom is 0.247 e. The molecule has 0 saturated heterocycles. The zero-order chi connectivity index (χ0) is 15.1. The number of halogens is 1. The topological polar surface area (TPSA) is 54.2 Å². The van der Waals surface area contributed by atoms with Crippen molar-refractivity contribution in [1.29, 1.82) is 0 Å². The van der Waals surface area contributed by atoms with E-state index < -0.39 is 0 Å². The van der Waals surface area contributed by atoms with Gasteiger partial charge in [0.05, 0.1) is 6.54 Å². The number of benzene rings is 1. The molecule has 0 radical (unpaired) electrons. The van der Waals surface area contributed by atoms with E-state index >= 15 is 0 Å². The largest absolute Gasteiger partial charge is 0.419 e. The average Bonchev–Trinajstić information content (AvgIpc) is 2.96. The lowest BCUT2D eigenvalue weighted by Gasteiger charge is -2.17. The Kier molecular flexibility index (Phi) is 6.35. The van der Waals surface area contributed by atoms with Crippen molar-refractivity contribution in [2.24, 2.45) is 0 Å². The van der Waals surface area contributed by atoms with Gasteiger partial charge in [-0.15, -0.1) is 10.2 Å². The maximum absolute atomic E-state index is 5.67. The average molecular weight is 353 g/mol. The summed E-state index contributed by atoms with van der Waals surface area (Å²) in [6.45, 7) is 9.03. The lowest BCUT2D eigenvalue weighted by atomic mass is 10.2. The molecule has 0 fully saturated rings. The van der Waals surface area contributed by atoms with Gasteiger partial charge in [0.15, 0.2) is 0 Å². The van der Waals surface area contributed by atoms with Crippen LogP contribution in [0, 0.1) is 0 Å². The molecule has 0 aliphatic heterocycles. The fraction of sp³-hybridized carbons (Fsp3) is 0.467. The number of aromatic nitrogens is 2. The van der Waals surface area contributed by atoms with Gasteiger partial charge in [-0.1, -0.05) is 35.8 Å². The molecule has 5 nitrogen and oxygen atoms in total. The summed E-state index contributed by atoms with van der Waals surface area (Å²) in [7, 11) is 0. The Balaban J connectivity index is 1.83. The zero-order valence-electron chi connectivity index (χ0n) is 12.5. The molecule has 0 unspecified atom stereocenters. The molecule has 0 spiro atoms. The second-order valence-corrected chi connectivity index (χ2v) is 5.63. The Labute approximate surface area is 133 Å². The molecule has 2 rings (SSSR count). The predicted molar refractivity (Wildman–Crippen MR) is 86.9 cm³/mol. The molecule has 1 heterocycles. The van der Waals surface area contributed by atoms with Crippen LogP contribution in [-0.2, 0) is 6.54 Å². The van der Waals surface area contributed by atoms with Gasteiger partial charge in [0, 0.05) is 23.1 Å². The SMILES string of the molecule is CCN(CC)CCNCc1nnc(-c2cccc(Br)c2)o1. The summed E-state index contributed by atoms with van der Waals surface area (Å²) in [5.41, 5.74) is 0.922. The lowest BCUT2D eigenvalue weighted by molar-refractivity contribution is 0.300. The van der Waals surface area contributed by atoms with E-state index in [1.54, 1.807) is 0 Å². The smallest absolute Gasteiger partial charge is 0.247 e. The van der Waals surface area contributed by atoms with E-state index in [9.17, 15) is 0 Å². The molecule has 0 aliphatic carbocycles. The minimum Gasteiger partial charge on any atom is -0.419 e. The maximum atomic E-state index is 5.67. The quantitative estimate of drug-likeness (QED) is 0.740. The van der Waals surface area contributed by atoms with Gasteiger partial charge in [-0.3, -0.25) is 0 Å². The molecular formula is C15H21BrN4O. The van der Waals surface area contributed by atoms with Crippen LogP contribution in [0.2, 0.25) is 0 Å². The van der Waals surface area contributed by atoms with Gasteiger partial charge in [-0.25, -0.2) is 0 Å². The van der Waals surface area contributed by atoms with E-state index in [4.69, 9.17) is 4.42 Å². The molecular weight excluding hydrogens is 332 g/mol. The van der Waals surface area contributed by atoms with Crippen LogP contribution in [0.3, 0.4) is 0 Å². The monoisotopic (exact) mass is 352 g/mol. The first-order valence-electron chi connectivity index (χ1n) is 7.24. The van der Waals surface area contributed by atoms with Gasteiger partial charge in [0.2, 0.25) is 11.8 Å². The number of rotatable bonds is 8. The molecule has 1 aromatic carbocycles. The first-order valence-corrected chi connectivity index (χ1v) is 8.03. The molecule has 2 aromatic rings. The van der Waals surface area contributed by atoms with E-state index in [2.05, 4.69) is 50.2 Å². The normalized spacial score (nSPS) is 11.2. The van der Waals surface area contributed by atoms with E-state index in [0.29, 0.717) is 18.3 Å². The van der Waals surface area contributed by atoms with Crippen LogP contribution >= 0.6 is 15.9 Å². The minimum absolute atomic E-state index is 0.553. The standard InChI is InChI=1S/C15H21BrN4O/c1-3-20(4-2)9-8-17-11-14-18-19-15(21-14)12-6-5-7-13(16)10-12/h5-7,10,17H,3-4,8-9,11H2,1-2H3. The van der Waals surface area contributed by atoms with Crippen LogP contribution in [0.15, 0.2) is 33.2 Å². The van der Waals surface area contributed by atoms with Crippen LogP contribution in [0.1, 0.15) is 19.7 Å². The molecule has 0 saturated carbocycles. The Morgan fingerprint density at radius 3 is 2.76 bits per heavy atom. The highest BCUT2D eigenvalue weighted by Crippen LogP contribution is 2.21. The van der Waals surface area contributed by atoms with Crippen LogP contribution in [-0.4, -0.2) is 41.3 Å². The van der Waals surface area contributed by atoms with E-state index in [1.807, 2.05) is 24.3 Å². The summed E-state index contributed by atoms with van der Waals surface area (Å²) < 4.78 is 6.66. The third kappa shape index (κ3) is 4.91. The van der Waals surface area contributed by atoms with Crippen LogP contribution in [0.25, 0.3) is 11.5 Å². The van der Waals surface area contributed by atoms with Crippen molar-refractivity contribution in [3.05, 3.63) is 34.6 Å². The number of hydrogen-bond donors (Lipinski definition) is 1. The number of hydrogen-bond acceptors (Lipinski definition) is 5. The van der Waals surface area contributed by atoms with Crippen LogP contribution < -0.4 is 5.32 Å². The van der Waals surface area contributed by atoms with Crippen molar-refractivity contribution >= 4 is 15.9 Å². The van der Waals surface area contributed by atoms with Gasteiger partial charge < -0.3 is 14.6 Å². The molecule has 6 heteroatoms. The number of nitrogens with zero attached hydrogens (tertiary/aromatic N) is 3. The van der Waals surface area contributed by atoms with Gasteiger partial charge in [-0.05, 0) is 31.3 Å². The third-order valence-corrected chi connectivity index (χ3v) is 3.81. The van der Waals surface area contributed by atoms with Gasteiger partial charge in [0.25, 0.3) is 0 Å². The van der Waals surface area contributed by atoms with Crippen molar-refractivity contribution < 1.29 is 4.42 Å². The van der Waals surface area contributed by atoms with Crippen molar-refractivity contribution in [1.82, 2.24) is 20.4 Å². The van der Waals surface area contributed by atoms with E-state index in [1.165, 1.54) is 0 Å². The summed E-state index contributed by atoms with van der Waals surface area (Å²) in [4.78, 5) is 2.37. The minimum atomic E-state index is 0.553. The summed E-state index contributed by atoms with van der Waals surface area (Å²) in [6.07, 6.45) is 0. The van der Waals surface area contributed by atoms with Crippen LogP contribution in [0.4, 0.5) is 0 Å². The molecule has 0 bridgehead atoms. The fourth-order valence-corrected chi connectivity index (χ4v) is 2.43. The Morgan fingerprint density at radius 2 is 2.05 bits per heavy atom. The number of nitrogens with one attached hydrogen (secondary N) is 1. The van der Waals surface area contributed by atoms with Crippen LogP contribution in [0.5, 0.6) is 0 Å². The second kappa shape index (κ2) is 8.26. The van der Waals surface area contributed by atoms with Crippen molar-refractivity contribution in [3.63, 3.8) is 0 Å².